The van der Waals surface area contributed by atoms with Crippen molar-refractivity contribution >= 4 is 5.95 Å². The molecule has 2 rings (SSSR count). The SMILES string of the molecule is CCOc1cc(C)nc(NC(C)(CN)c2ccccc2)n1. The Hall–Kier alpha value is -2.14. The minimum atomic E-state index is -0.432. The lowest BCUT2D eigenvalue weighted by Gasteiger charge is -2.30. The molecule has 1 aromatic heterocycles. The van der Waals surface area contributed by atoms with E-state index in [1.165, 1.54) is 0 Å². The van der Waals surface area contributed by atoms with E-state index in [-0.39, 0.29) is 0 Å². The van der Waals surface area contributed by atoms with Gasteiger partial charge in [0.15, 0.2) is 0 Å². The van der Waals surface area contributed by atoms with Crippen LogP contribution >= 0.6 is 0 Å². The molecule has 1 aromatic carbocycles. The molecule has 0 spiro atoms. The second-order valence-corrected chi connectivity index (χ2v) is 5.13. The average Bonchev–Trinajstić information content (AvgIpc) is 2.48. The highest BCUT2D eigenvalue weighted by Gasteiger charge is 2.25. The lowest BCUT2D eigenvalue weighted by molar-refractivity contribution is 0.326. The number of hydrogen-bond donors (Lipinski definition) is 2. The monoisotopic (exact) mass is 286 g/mol. The normalized spacial score (nSPS) is 13.5. The third-order valence-electron chi connectivity index (χ3n) is 3.33. The van der Waals surface area contributed by atoms with E-state index in [0.717, 1.165) is 11.3 Å². The van der Waals surface area contributed by atoms with E-state index in [4.69, 9.17) is 10.5 Å². The summed E-state index contributed by atoms with van der Waals surface area (Å²) in [5.41, 5.74) is 7.48. The first-order chi connectivity index (χ1) is 10.1. The molecule has 0 saturated carbocycles. The Bertz CT molecular complexity index is 588. The zero-order valence-corrected chi connectivity index (χ0v) is 12.8. The van der Waals surface area contributed by atoms with Crippen LogP contribution in [0.5, 0.6) is 5.88 Å². The number of hydrogen-bond acceptors (Lipinski definition) is 5. The second kappa shape index (κ2) is 6.54. The quantitative estimate of drug-likeness (QED) is 0.853. The molecule has 2 aromatic rings. The molecule has 5 heteroatoms. The molecule has 1 heterocycles. The fourth-order valence-corrected chi connectivity index (χ4v) is 2.11. The van der Waals surface area contributed by atoms with Crippen LogP contribution in [0.1, 0.15) is 25.1 Å². The number of nitrogens with two attached hydrogens (primary N) is 1. The smallest absolute Gasteiger partial charge is 0.226 e. The van der Waals surface area contributed by atoms with Gasteiger partial charge in [0.05, 0.1) is 12.1 Å². The molecule has 0 aliphatic carbocycles. The first kappa shape index (κ1) is 15.3. The Balaban J connectivity index is 2.30. The average molecular weight is 286 g/mol. The van der Waals surface area contributed by atoms with Gasteiger partial charge in [-0.05, 0) is 26.3 Å². The van der Waals surface area contributed by atoms with Gasteiger partial charge < -0.3 is 15.8 Å². The molecule has 0 fully saturated rings. The Labute approximate surface area is 125 Å². The van der Waals surface area contributed by atoms with E-state index in [1.807, 2.05) is 57.2 Å². The predicted octanol–water partition coefficient (Wildman–Crippen LogP) is 2.47. The predicted molar refractivity (Wildman–Crippen MR) is 84.4 cm³/mol. The maximum atomic E-state index is 5.97. The number of rotatable bonds is 6. The Morgan fingerprint density at radius 2 is 1.95 bits per heavy atom. The highest BCUT2D eigenvalue weighted by atomic mass is 16.5. The molecule has 21 heavy (non-hydrogen) atoms. The van der Waals surface area contributed by atoms with Crippen LogP contribution in [0.2, 0.25) is 0 Å². The largest absolute Gasteiger partial charge is 0.478 e. The van der Waals surface area contributed by atoms with Crippen LogP contribution in [0.15, 0.2) is 36.4 Å². The van der Waals surface area contributed by atoms with E-state index in [9.17, 15) is 0 Å². The van der Waals surface area contributed by atoms with Crippen molar-refractivity contribution in [3.05, 3.63) is 47.7 Å². The molecule has 112 valence electrons. The minimum Gasteiger partial charge on any atom is -0.478 e. The summed E-state index contributed by atoms with van der Waals surface area (Å²) in [6, 6.07) is 11.9. The van der Waals surface area contributed by atoms with E-state index in [1.54, 1.807) is 0 Å². The molecule has 0 radical (unpaired) electrons. The molecule has 0 aliphatic heterocycles. The van der Waals surface area contributed by atoms with Gasteiger partial charge >= 0.3 is 0 Å². The number of aryl methyl sites for hydroxylation is 1. The van der Waals surface area contributed by atoms with Crippen LogP contribution < -0.4 is 15.8 Å². The van der Waals surface area contributed by atoms with Crippen LogP contribution in [0.4, 0.5) is 5.95 Å². The zero-order chi connectivity index (χ0) is 15.3. The van der Waals surface area contributed by atoms with Crippen molar-refractivity contribution in [2.45, 2.75) is 26.3 Å². The van der Waals surface area contributed by atoms with Crippen LogP contribution in [-0.4, -0.2) is 23.1 Å². The van der Waals surface area contributed by atoms with Crippen molar-refractivity contribution in [2.24, 2.45) is 5.73 Å². The zero-order valence-electron chi connectivity index (χ0n) is 12.8. The molecule has 0 bridgehead atoms. The molecule has 0 amide bonds. The van der Waals surface area contributed by atoms with Crippen LogP contribution in [0, 0.1) is 6.92 Å². The van der Waals surface area contributed by atoms with Crippen molar-refractivity contribution in [1.82, 2.24) is 9.97 Å². The number of anilines is 1. The van der Waals surface area contributed by atoms with Gasteiger partial charge in [-0.25, -0.2) is 4.98 Å². The first-order valence-corrected chi connectivity index (χ1v) is 7.09. The van der Waals surface area contributed by atoms with Gasteiger partial charge in [0.1, 0.15) is 0 Å². The minimum absolute atomic E-state index is 0.429. The van der Waals surface area contributed by atoms with Crippen molar-refractivity contribution < 1.29 is 4.74 Å². The van der Waals surface area contributed by atoms with Gasteiger partial charge in [-0.2, -0.15) is 4.98 Å². The number of nitrogens with zero attached hydrogens (tertiary/aromatic N) is 2. The summed E-state index contributed by atoms with van der Waals surface area (Å²) in [5, 5.41) is 3.33. The van der Waals surface area contributed by atoms with Crippen molar-refractivity contribution in [1.29, 1.82) is 0 Å². The van der Waals surface area contributed by atoms with Crippen molar-refractivity contribution in [3.8, 4) is 5.88 Å². The molecular weight excluding hydrogens is 264 g/mol. The van der Waals surface area contributed by atoms with Gasteiger partial charge in [0, 0.05) is 18.3 Å². The van der Waals surface area contributed by atoms with Gasteiger partial charge in [0.25, 0.3) is 0 Å². The van der Waals surface area contributed by atoms with E-state index in [2.05, 4.69) is 15.3 Å². The van der Waals surface area contributed by atoms with Gasteiger partial charge in [-0.3, -0.25) is 0 Å². The van der Waals surface area contributed by atoms with Gasteiger partial charge in [-0.1, -0.05) is 30.3 Å². The summed E-state index contributed by atoms with van der Waals surface area (Å²) in [6.45, 7) is 6.88. The lowest BCUT2D eigenvalue weighted by Crippen LogP contribution is -2.40. The topological polar surface area (TPSA) is 73.1 Å². The maximum Gasteiger partial charge on any atom is 0.226 e. The van der Waals surface area contributed by atoms with Gasteiger partial charge in [0.2, 0.25) is 11.8 Å². The number of ether oxygens (including phenoxy) is 1. The number of nitrogens with one attached hydrogen (secondary N) is 1. The first-order valence-electron chi connectivity index (χ1n) is 7.09. The molecule has 1 unspecified atom stereocenters. The summed E-state index contributed by atoms with van der Waals surface area (Å²) in [5.74, 6) is 1.09. The van der Waals surface area contributed by atoms with Crippen molar-refractivity contribution in [2.75, 3.05) is 18.5 Å². The third kappa shape index (κ3) is 3.70. The van der Waals surface area contributed by atoms with Crippen LogP contribution in [0.3, 0.4) is 0 Å². The molecule has 5 nitrogen and oxygen atoms in total. The molecular formula is C16H22N4O. The Morgan fingerprint density at radius 3 is 2.57 bits per heavy atom. The summed E-state index contributed by atoms with van der Waals surface area (Å²) in [7, 11) is 0. The summed E-state index contributed by atoms with van der Waals surface area (Å²) in [4.78, 5) is 8.80. The third-order valence-corrected chi connectivity index (χ3v) is 3.33. The second-order valence-electron chi connectivity index (χ2n) is 5.13. The fourth-order valence-electron chi connectivity index (χ4n) is 2.11. The molecule has 1 atom stereocenters. The lowest BCUT2D eigenvalue weighted by atomic mass is 9.92. The highest BCUT2D eigenvalue weighted by Crippen LogP contribution is 2.24. The summed E-state index contributed by atoms with van der Waals surface area (Å²) < 4.78 is 5.46. The van der Waals surface area contributed by atoms with E-state index < -0.39 is 5.54 Å². The van der Waals surface area contributed by atoms with Crippen LogP contribution in [-0.2, 0) is 5.54 Å². The van der Waals surface area contributed by atoms with Crippen LogP contribution in [0.25, 0.3) is 0 Å². The maximum absolute atomic E-state index is 5.97. The molecule has 0 saturated heterocycles. The standard InChI is InChI=1S/C16H22N4O/c1-4-21-14-10-12(2)18-15(19-14)20-16(3,11-17)13-8-6-5-7-9-13/h5-10H,4,11,17H2,1-3H3,(H,18,19,20). The number of aromatic nitrogens is 2. The summed E-state index contributed by atoms with van der Waals surface area (Å²) in [6.07, 6.45) is 0. The van der Waals surface area contributed by atoms with E-state index >= 15 is 0 Å². The summed E-state index contributed by atoms with van der Waals surface area (Å²) >= 11 is 0. The van der Waals surface area contributed by atoms with E-state index in [0.29, 0.717) is 25.0 Å². The Kier molecular flexibility index (Phi) is 4.75. The molecule has 0 aliphatic rings. The number of benzene rings is 1. The van der Waals surface area contributed by atoms with Crippen molar-refractivity contribution in [3.63, 3.8) is 0 Å². The van der Waals surface area contributed by atoms with Gasteiger partial charge in [-0.15, -0.1) is 0 Å². The Morgan fingerprint density at radius 1 is 1.24 bits per heavy atom. The highest BCUT2D eigenvalue weighted by molar-refractivity contribution is 5.39. The molecule has 3 N–H and O–H groups in total. The fraction of sp³-hybridized carbons (Fsp3) is 0.375.